The van der Waals surface area contributed by atoms with Crippen LogP contribution in [0.25, 0.3) is 10.9 Å². The first-order valence-corrected chi connectivity index (χ1v) is 11.0. The van der Waals surface area contributed by atoms with E-state index in [-0.39, 0.29) is 5.91 Å². The zero-order chi connectivity index (χ0) is 21.6. The van der Waals surface area contributed by atoms with Gasteiger partial charge in [-0.25, -0.2) is 0 Å². The van der Waals surface area contributed by atoms with Crippen molar-refractivity contribution in [2.45, 2.75) is 19.3 Å². The summed E-state index contributed by atoms with van der Waals surface area (Å²) in [5, 5.41) is 3.96. The molecule has 0 radical (unpaired) electrons. The van der Waals surface area contributed by atoms with E-state index in [2.05, 4.69) is 45.5 Å². The number of likely N-dealkylation sites (tertiary alicyclic amines) is 1. The first-order chi connectivity index (χ1) is 15.2. The molecule has 3 aromatic rings. The largest absolute Gasteiger partial charge is 0.493 e. The lowest BCUT2D eigenvalue weighted by molar-refractivity contribution is 0.0940. The van der Waals surface area contributed by atoms with Gasteiger partial charge in [0.1, 0.15) is 5.69 Å². The van der Waals surface area contributed by atoms with E-state index in [9.17, 15) is 4.79 Å². The fourth-order valence-electron chi connectivity index (χ4n) is 4.37. The normalized spacial score (nSPS) is 15.2. The minimum atomic E-state index is -0.0897. The number of carbonyl (C=O) groups excluding carboxylic acids is 1. The number of fused-ring (bicyclic) bond motifs is 1. The summed E-state index contributed by atoms with van der Waals surface area (Å²) in [6, 6.07) is 16.3. The first-order valence-electron chi connectivity index (χ1n) is 11.0. The molecule has 6 heteroatoms. The van der Waals surface area contributed by atoms with Crippen molar-refractivity contribution in [3.8, 4) is 11.5 Å². The Hall–Kier alpha value is -2.99. The Kier molecular flexibility index (Phi) is 6.77. The molecule has 0 aliphatic carbocycles. The molecule has 2 N–H and O–H groups in total. The van der Waals surface area contributed by atoms with Gasteiger partial charge in [-0.2, -0.15) is 0 Å². The SMILES string of the molecule is COc1cc2cc(C(=O)NCCN3CCC(Cc4ccccc4)CC3)[nH]c2cc1OC. The zero-order valence-electron chi connectivity index (χ0n) is 18.3. The smallest absolute Gasteiger partial charge is 0.267 e. The van der Waals surface area contributed by atoms with Crippen LogP contribution in [0.1, 0.15) is 28.9 Å². The summed E-state index contributed by atoms with van der Waals surface area (Å²) in [6.07, 6.45) is 3.60. The first kappa shape index (κ1) is 21.2. The van der Waals surface area contributed by atoms with Gasteiger partial charge < -0.3 is 24.7 Å². The second kappa shape index (κ2) is 9.88. The maximum absolute atomic E-state index is 12.6. The number of ether oxygens (including phenoxy) is 2. The van der Waals surface area contributed by atoms with E-state index in [1.54, 1.807) is 14.2 Å². The summed E-state index contributed by atoms with van der Waals surface area (Å²) >= 11 is 0. The Morgan fingerprint density at radius 2 is 1.77 bits per heavy atom. The number of nitrogens with one attached hydrogen (secondary N) is 2. The molecule has 164 valence electrons. The predicted molar refractivity (Wildman–Crippen MR) is 123 cm³/mol. The number of piperidine rings is 1. The number of hydrogen-bond donors (Lipinski definition) is 2. The second-order valence-corrected chi connectivity index (χ2v) is 8.21. The van der Waals surface area contributed by atoms with Crippen molar-refractivity contribution in [2.24, 2.45) is 5.92 Å². The number of nitrogens with zero attached hydrogens (tertiary/aromatic N) is 1. The van der Waals surface area contributed by atoms with Crippen molar-refractivity contribution >= 4 is 16.8 Å². The molecule has 0 bridgehead atoms. The summed E-state index contributed by atoms with van der Waals surface area (Å²) in [4.78, 5) is 18.2. The van der Waals surface area contributed by atoms with Gasteiger partial charge in [-0.05, 0) is 56.0 Å². The van der Waals surface area contributed by atoms with E-state index in [1.807, 2.05) is 18.2 Å². The molecule has 1 aliphatic heterocycles. The number of benzene rings is 2. The Balaban J connectivity index is 1.24. The number of methoxy groups -OCH3 is 2. The third-order valence-electron chi connectivity index (χ3n) is 6.16. The van der Waals surface area contributed by atoms with Crippen LogP contribution in [-0.2, 0) is 6.42 Å². The highest BCUT2D eigenvalue weighted by molar-refractivity contribution is 5.98. The lowest BCUT2D eigenvalue weighted by atomic mass is 9.90. The molecular formula is C25H31N3O3. The summed E-state index contributed by atoms with van der Waals surface area (Å²) in [5.41, 5.74) is 2.83. The van der Waals surface area contributed by atoms with Gasteiger partial charge in [0, 0.05) is 30.1 Å². The fourth-order valence-corrected chi connectivity index (χ4v) is 4.37. The number of amides is 1. The molecule has 1 aromatic heterocycles. The van der Waals surface area contributed by atoms with Gasteiger partial charge >= 0.3 is 0 Å². The molecule has 0 unspecified atom stereocenters. The molecule has 0 saturated carbocycles. The van der Waals surface area contributed by atoms with Gasteiger partial charge in [0.15, 0.2) is 11.5 Å². The number of hydrogen-bond acceptors (Lipinski definition) is 4. The summed E-state index contributed by atoms with van der Waals surface area (Å²) in [7, 11) is 3.21. The molecule has 1 aliphatic rings. The van der Waals surface area contributed by atoms with E-state index in [0.29, 0.717) is 23.7 Å². The molecular weight excluding hydrogens is 390 g/mol. The van der Waals surface area contributed by atoms with Crippen LogP contribution in [0.5, 0.6) is 11.5 Å². The third kappa shape index (κ3) is 5.20. The highest BCUT2D eigenvalue weighted by Gasteiger charge is 2.19. The highest BCUT2D eigenvalue weighted by atomic mass is 16.5. The molecule has 6 nitrogen and oxygen atoms in total. The maximum Gasteiger partial charge on any atom is 0.267 e. The maximum atomic E-state index is 12.6. The topological polar surface area (TPSA) is 66.6 Å². The van der Waals surface area contributed by atoms with Gasteiger partial charge in [0.05, 0.1) is 14.2 Å². The van der Waals surface area contributed by atoms with Gasteiger partial charge in [-0.15, -0.1) is 0 Å². The number of H-pyrrole nitrogens is 1. The van der Waals surface area contributed by atoms with E-state index in [4.69, 9.17) is 9.47 Å². The van der Waals surface area contributed by atoms with E-state index in [0.717, 1.165) is 36.5 Å². The van der Waals surface area contributed by atoms with Crippen molar-refractivity contribution < 1.29 is 14.3 Å². The van der Waals surface area contributed by atoms with Gasteiger partial charge in [-0.1, -0.05) is 30.3 Å². The molecule has 1 amide bonds. The zero-order valence-corrected chi connectivity index (χ0v) is 18.3. The molecule has 2 heterocycles. The predicted octanol–water partition coefficient (Wildman–Crippen LogP) is 3.87. The quantitative estimate of drug-likeness (QED) is 0.580. The van der Waals surface area contributed by atoms with Crippen LogP contribution in [0.3, 0.4) is 0 Å². The number of aromatic nitrogens is 1. The van der Waals surface area contributed by atoms with Crippen molar-refractivity contribution in [1.82, 2.24) is 15.2 Å². The van der Waals surface area contributed by atoms with Crippen molar-refractivity contribution in [1.29, 1.82) is 0 Å². The van der Waals surface area contributed by atoms with Crippen LogP contribution in [0.4, 0.5) is 0 Å². The Morgan fingerprint density at radius 3 is 2.48 bits per heavy atom. The number of rotatable bonds is 8. The van der Waals surface area contributed by atoms with Gasteiger partial charge in [0.2, 0.25) is 0 Å². The average molecular weight is 422 g/mol. The van der Waals surface area contributed by atoms with E-state index < -0.39 is 0 Å². The second-order valence-electron chi connectivity index (χ2n) is 8.21. The van der Waals surface area contributed by atoms with Crippen LogP contribution in [0, 0.1) is 5.92 Å². The van der Waals surface area contributed by atoms with Crippen molar-refractivity contribution in [3.05, 3.63) is 59.8 Å². The van der Waals surface area contributed by atoms with E-state index in [1.165, 1.54) is 24.8 Å². The molecule has 31 heavy (non-hydrogen) atoms. The molecule has 0 spiro atoms. The minimum Gasteiger partial charge on any atom is -0.493 e. The number of aromatic amines is 1. The van der Waals surface area contributed by atoms with Crippen LogP contribution < -0.4 is 14.8 Å². The van der Waals surface area contributed by atoms with Crippen LogP contribution in [0.15, 0.2) is 48.5 Å². The number of carbonyl (C=O) groups is 1. The monoisotopic (exact) mass is 421 g/mol. The van der Waals surface area contributed by atoms with Crippen LogP contribution in [0.2, 0.25) is 0 Å². The Labute approximate surface area is 183 Å². The lowest BCUT2D eigenvalue weighted by Crippen LogP contribution is -2.40. The van der Waals surface area contributed by atoms with Crippen LogP contribution >= 0.6 is 0 Å². The van der Waals surface area contributed by atoms with Gasteiger partial charge in [0.25, 0.3) is 5.91 Å². The molecule has 2 aromatic carbocycles. The molecule has 4 rings (SSSR count). The van der Waals surface area contributed by atoms with Crippen molar-refractivity contribution in [3.63, 3.8) is 0 Å². The Bertz CT molecular complexity index is 967. The summed E-state index contributed by atoms with van der Waals surface area (Å²) < 4.78 is 10.7. The summed E-state index contributed by atoms with van der Waals surface area (Å²) in [6.45, 7) is 3.72. The van der Waals surface area contributed by atoms with Crippen LogP contribution in [-0.4, -0.2) is 56.2 Å². The fraction of sp³-hybridized carbons (Fsp3) is 0.400. The minimum absolute atomic E-state index is 0.0897. The standard InChI is InChI=1S/C25H31N3O3/c1-30-23-16-20-15-22(27-21(20)17-24(23)31-2)25(29)26-10-13-28-11-8-19(9-12-28)14-18-6-4-3-5-7-18/h3-7,15-17,19,27H,8-14H2,1-2H3,(H,26,29). The molecule has 1 fully saturated rings. The average Bonchev–Trinajstić information content (AvgIpc) is 3.23. The summed E-state index contributed by atoms with van der Waals surface area (Å²) in [5.74, 6) is 1.96. The van der Waals surface area contributed by atoms with Crippen molar-refractivity contribution in [2.75, 3.05) is 40.4 Å². The molecule has 1 saturated heterocycles. The highest BCUT2D eigenvalue weighted by Crippen LogP contribution is 2.32. The van der Waals surface area contributed by atoms with Gasteiger partial charge in [-0.3, -0.25) is 4.79 Å². The van der Waals surface area contributed by atoms with E-state index >= 15 is 0 Å². The Morgan fingerprint density at radius 1 is 1.06 bits per heavy atom. The lowest BCUT2D eigenvalue weighted by Gasteiger charge is -2.32. The third-order valence-corrected chi connectivity index (χ3v) is 6.16. The molecule has 0 atom stereocenters.